The number of rotatable bonds is 4. The van der Waals surface area contributed by atoms with Crippen LogP contribution in [0.3, 0.4) is 0 Å². The Hall–Kier alpha value is 0. The Balaban J connectivity index is 1.47. The number of hydrogen-bond donors (Lipinski definition) is 0. The van der Waals surface area contributed by atoms with Crippen molar-refractivity contribution >= 4 is 0 Å². The van der Waals surface area contributed by atoms with Crippen LogP contribution in [-0.4, -0.2) is 0 Å². The maximum absolute atomic E-state index is 2.59. The Kier molecular flexibility index (Phi) is 6.72. The monoisotopic (exact) mass is 332 g/mol. The van der Waals surface area contributed by atoms with E-state index in [1.54, 1.807) is 44.9 Å². The van der Waals surface area contributed by atoms with Gasteiger partial charge in [0, 0.05) is 0 Å². The van der Waals surface area contributed by atoms with Gasteiger partial charge >= 0.3 is 0 Å². The first-order chi connectivity index (χ1) is 11.6. The first-order valence-electron chi connectivity index (χ1n) is 11.6. The van der Waals surface area contributed by atoms with Gasteiger partial charge in [-0.1, -0.05) is 53.4 Å². The van der Waals surface area contributed by atoms with Gasteiger partial charge in [0.15, 0.2) is 0 Å². The van der Waals surface area contributed by atoms with Crippen molar-refractivity contribution in [1.82, 2.24) is 0 Å². The van der Waals surface area contributed by atoms with E-state index in [0.717, 1.165) is 47.3 Å². The molecule has 0 N–H and O–H groups in total. The molecule has 0 heterocycles. The van der Waals surface area contributed by atoms with E-state index in [9.17, 15) is 0 Å². The molecule has 0 saturated heterocycles. The van der Waals surface area contributed by atoms with Crippen molar-refractivity contribution in [2.24, 2.45) is 47.3 Å². The third-order valence-electron chi connectivity index (χ3n) is 9.20. The van der Waals surface area contributed by atoms with Gasteiger partial charge < -0.3 is 0 Å². The van der Waals surface area contributed by atoms with Crippen LogP contribution in [0.4, 0.5) is 0 Å². The minimum absolute atomic E-state index is 0.968. The molecule has 0 aliphatic heterocycles. The summed E-state index contributed by atoms with van der Waals surface area (Å²) in [5.74, 6) is 8.35. The van der Waals surface area contributed by atoms with Gasteiger partial charge in [0.1, 0.15) is 0 Å². The van der Waals surface area contributed by atoms with Crippen LogP contribution in [0.1, 0.15) is 105 Å². The lowest BCUT2D eigenvalue weighted by molar-refractivity contribution is 0.0403. The summed E-state index contributed by atoms with van der Waals surface area (Å²) in [5.41, 5.74) is 0. The molecule has 3 aliphatic rings. The van der Waals surface area contributed by atoms with Gasteiger partial charge in [-0.2, -0.15) is 0 Å². The summed E-state index contributed by atoms with van der Waals surface area (Å²) < 4.78 is 0. The van der Waals surface area contributed by atoms with Gasteiger partial charge in [-0.05, 0) is 98.7 Å². The Morgan fingerprint density at radius 2 is 1.08 bits per heavy atom. The Labute approximate surface area is 152 Å². The highest BCUT2D eigenvalue weighted by Crippen LogP contribution is 2.49. The summed E-state index contributed by atoms with van der Waals surface area (Å²) >= 11 is 0. The Bertz CT molecular complexity index is 356. The second-order valence-corrected chi connectivity index (χ2v) is 9.99. The van der Waals surface area contributed by atoms with Crippen molar-refractivity contribution < 1.29 is 0 Å². The molecule has 0 radical (unpaired) electrons. The molecule has 0 amide bonds. The summed E-state index contributed by atoms with van der Waals surface area (Å²) in [6.07, 6.45) is 18.4. The molecule has 0 nitrogen and oxygen atoms in total. The summed E-state index contributed by atoms with van der Waals surface area (Å²) in [6.45, 7) is 9.95. The van der Waals surface area contributed by atoms with Crippen molar-refractivity contribution in [3.63, 3.8) is 0 Å². The van der Waals surface area contributed by atoms with Gasteiger partial charge in [0.05, 0.1) is 0 Å². The van der Waals surface area contributed by atoms with Crippen LogP contribution in [0.5, 0.6) is 0 Å². The molecule has 4 unspecified atom stereocenters. The van der Waals surface area contributed by atoms with Gasteiger partial charge in [0.2, 0.25) is 0 Å². The zero-order chi connectivity index (χ0) is 17.1. The zero-order valence-electron chi connectivity index (χ0n) is 17.1. The quantitative estimate of drug-likeness (QED) is 0.494. The van der Waals surface area contributed by atoms with Crippen molar-refractivity contribution in [3.05, 3.63) is 0 Å². The normalized spacial score (nSPS) is 47.5. The third kappa shape index (κ3) is 4.04. The molecule has 0 bridgehead atoms. The van der Waals surface area contributed by atoms with Crippen LogP contribution < -0.4 is 0 Å². The van der Waals surface area contributed by atoms with Crippen LogP contribution in [0.25, 0.3) is 0 Å². The van der Waals surface area contributed by atoms with E-state index in [2.05, 4.69) is 27.7 Å². The van der Waals surface area contributed by atoms with Crippen LogP contribution in [0, 0.1) is 47.3 Å². The molecule has 0 aromatic rings. The van der Waals surface area contributed by atoms with E-state index in [1.807, 2.05) is 0 Å². The maximum atomic E-state index is 2.59. The molecule has 24 heavy (non-hydrogen) atoms. The highest BCUT2D eigenvalue weighted by atomic mass is 14.4. The zero-order valence-corrected chi connectivity index (χ0v) is 17.1. The fraction of sp³-hybridized carbons (Fsp3) is 1.00. The SMILES string of the molecule is CCC1CCC(C2CCC(C3CCC(CC)C(C)C3C)CC2)CC1. The van der Waals surface area contributed by atoms with Crippen LogP contribution in [-0.2, 0) is 0 Å². The fourth-order valence-electron chi connectivity index (χ4n) is 7.10. The van der Waals surface area contributed by atoms with Crippen molar-refractivity contribution in [3.8, 4) is 0 Å². The first-order valence-corrected chi connectivity index (χ1v) is 11.6. The van der Waals surface area contributed by atoms with Crippen LogP contribution >= 0.6 is 0 Å². The molecule has 0 aromatic carbocycles. The average Bonchev–Trinajstić information content (AvgIpc) is 2.64. The topological polar surface area (TPSA) is 0 Å². The summed E-state index contributed by atoms with van der Waals surface area (Å²) in [4.78, 5) is 0. The van der Waals surface area contributed by atoms with Gasteiger partial charge in [-0.15, -0.1) is 0 Å². The molecule has 4 atom stereocenters. The Morgan fingerprint density at radius 3 is 1.62 bits per heavy atom. The van der Waals surface area contributed by atoms with Gasteiger partial charge in [-0.25, -0.2) is 0 Å². The predicted octanol–water partition coefficient (Wildman–Crippen LogP) is 7.72. The highest BCUT2D eigenvalue weighted by Gasteiger charge is 2.39. The molecule has 0 aromatic heterocycles. The van der Waals surface area contributed by atoms with E-state index in [-0.39, 0.29) is 0 Å². The summed E-state index contributed by atoms with van der Waals surface area (Å²) in [5, 5.41) is 0. The molecular weight excluding hydrogens is 288 g/mol. The van der Waals surface area contributed by atoms with E-state index < -0.39 is 0 Å². The molecule has 3 rings (SSSR count). The Morgan fingerprint density at radius 1 is 0.542 bits per heavy atom. The van der Waals surface area contributed by atoms with E-state index in [1.165, 1.54) is 32.1 Å². The lowest BCUT2D eigenvalue weighted by Gasteiger charge is -2.46. The highest BCUT2D eigenvalue weighted by molar-refractivity contribution is 4.89. The van der Waals surface area contributed by atoms with Crippen LogP contribution in [0.2, 0.25) is 0 Å². The van der Waals surface area contributed by atoms with Crippen molar-refractivity contribution in [1.29, 1.82) is 0 Å². The standard InChI is InChI=1S/C24H44/c1-5-19-7-9-21(10-8-19)22-11-13-23(14-12-22)24-16-15-20(6-2)17(3)18(24)4/h17-24H,5-16H2,1-4H3. The van der Waals surface area contributed by atoms with Crippen molar-refractivity contribution in [2.75, 3.05) is 0 Å². The summed E-state index contributed by atoms with van der Waals surface area (Å²) in [6, 6.07) is 0. The van der Waals surface area contributed by atoms with E-state index in [4.69, 9.17) is 0 Å². The molecular formula is C24H44. The van der Waals surface area contributed by atoms with E-state index >= 15 is 0 Å². The van der Waals surface area contributed by atoms with E-state index in [0.29, 0.717) is 0 Å². The first kappa shape index (κ1) is 18.8. The molecule has 3 fully saturated rings. The minimum Gasteiger partial charge on any atom is -0.0651 e. The smallest absolute Gasteiger partial charge is 0.0357 e. The number of hydrogen-bond acceptors (Lipinski definition) is 0. The predicted molar refractivity (Wildman–Crippen MR) is 106 cm³/mol. The second-order valence-electron chi connectivity index (χ2n) is 9.99. The lowest BCUT2D eigenvalue weighted by atomic mass is 9.59. The van der Waals surface area contributed by atoms with Gasteiger partial charge in [-0.3, -0.25) is 0 Å². The van der Waals surface area contributed by atoms with Gasteiger partial charge in [0.25, 0.3) is 0 Å². The molecule has 0 spiro atoms. The maximum Gasteiger partial charge on any atom is -0.0357 e. The molecule has 140 valence electrons. The molecule has 3 saturated carbocycles. The summed E-state index contributed by atoms with van der Waals surface area (Å²) in [7, 11) is 0. The minimum atomic E-state index is 0.968. The second kappa shape index (κ2) is 8.59. The third-order valence-corrected chi connectivity index (χ3v) is 9.20. The fourth-order valence-corrected chi connectivity index (χ4v) is 7.10. The average molecular weight is 333 g/mol. The molecule has 3 aliphatic carbocycles. The lowest BCUT2D eigenvalue weighted by Crippen LogP contribution is -2.37. The largest absolute Gasteiger partial charge is 0.0651 e. The van der Waals surface area contributed by atoms with Crippen LogP contribution in [0.15, 0.2) is 0 Å². The molecule has 0 heteroatoms. The van der Waals surface area contributed by atoms with Crippen molar-refractivity contribution in [2.45, 2.75) is 105 Å².